The van der Waals surface area contributed by atoms with Gasteiger partial charge < -0.3 is 5.32 Å². The molecule has 1 nitrogen and oxygen atoms in total. The Hall–Kier alpha value is -1.32. The van der Waals surface area contributed by atoms with Gasteiger partial charge in [-0.15, -0.1) is 0 Å². The van der Waals surface area contributed by atoms with E-state index in [9.17, 15) is 4.39 Å². The van der Waals surface area contributed by atoms with Crippen molar-refractivity contribution in [3.63, 3.8) is 0 Å². The lowest BCUT2D eigenvalue weighted by Crippen LogP contribution is -2.15. The quantitative estimate of drug-likeness (QED) is 0.847. The van der Waals surface area contributed by atoms with Crippen LogP contribution < -0.4 is 5.32 Å². The fourth-order valence-electron chi connectivity index (χ4n) is 2.22. The third-order valence-electron chi connectivity index (χ3n) is 3.73. The van der Waals surface area contributed by atoms with Crippen LogP contribution in [0.2, 0.25) is 0 Å². The van der Waals surface area contributed by atoms with Crippen LogP contribution in [0, 0.1) is 19.7 Å². The van der Waals surface area contributed by atoms with Gasteiger partial charge in [-0.3, -0.25) is 0 Å². The van der Waals surface area contributed by atoms with Crippen LogP contribution in [0.4, 0.5) is 4.39 Å². The maximum Gasteiger partial charge on any atom is 0.137 e. The highest BCUT2D eigenvalue weighted by Crippen LogP contribution is 2.33. The molecule has 3 rings (SSSR count). The van der Waals surface area contributed by atoms with Crippen molar-refractivity contribution in [2.24, 2.45) is 0 Å². The number of benzene rings is 2. The fraction of sp³-hybridized carbons (Fsp3) is 0.333. The Kier molecular flexibility index (Phi) is 4.32. The van der Waals surface area contributed by atoms with Gasteiger partial charge in [0.2, 0.25) is 0 Å². The van der Waals surface area contributed by atoms with Crippen LogP contribution in [-0.2, 0) is 6.54 Å². The zero-order chi connectivity index (χ0) is 14.8. The summed E-state index contributed by atoms with van der Waals surface area (Å²) < 4.78 is 14.3. The highest BCUT2D eigenvalue weighted by Gasteiger charge is 2.20. The van der Waals surface area contributed by atoms with Gasteiger partial charge in [0, 0.05) is 22.4 Å². The van der Waals surface area contributed by atoms with E-state index in [1.165, 1.54) is 35.7 Å². The smallest absolute Gasteiger partial charge is 0.137 e. The summed E-state index contributed by atoms with van der Waals surface area (Å²) in [6.07, 6.45) is 2.51. The Morgan fingerprint density at radius 3 is 2.62 bits per heavy atom. The summed E-state index contributed by atoms with van der Waals surface area (Å²) in [4.78, 5) is 1.82. The average molecular weight is 301 g/mol. The van der Waals surface area contributed by atoms with Crippen LogP contribution in [0.25, 0.3) is 0 Å². The van der Waals surface area contributed by atoms with Gasteiger partial charge in [0.25, 0.3) is 0 Å². The number of aryl methyl sites for hydroxylation is 2. The lowest BCUT2D eigenvalue weighted by atomic mass is 10.2. The molecule has 110 valence electrons. The third-order valence-corrected chi connectivity index (χ3v) is 4.94. The SMILES string of the molecule is Cc1ccc(C)c(Sc2ccc(CNC3CC3)cc2F)c1. The number of hydrogen-bond donors (Lipinski definition) is 1. The Balaban J connectivity index is 1.74. The number of nitrogens with one attached hydrogen (secondary N) is 1. The van der Waals surface area contributed by atoms with Crippen molar-refractivity contribution in [3.8, 4) is 0 Å². The molecule has 0 unspecified atom stereocenters. The van der Waals surface area contributed by atoms with E-state index in [1.54, 1.807) is 6.07 Å². The molecule has 1 aliphatic carbocycles. The number of rotatable bonds is 5. The molecule has 0 radical (unpaired) electrons. The summed E-state index contributed by atoms with van der Waals surface area (Å²) in [5, 5.41) is 3.41. The third kappa shape index (κ3) is 3.86. The van der Waals surface area contributed by atoms with E-state index in [0.29, 0.717) is 10.9 Å². The highest BCUT2D eigenvalue weighted by molar-refractivity contribution is 7.99. The second kappa shape index (κ2) is 6.20. The minimum Gasteiger partial charge on any atom is -0.310 e. The average Bonchev–Trinajstić information content (AvgIpc) is 3.27. The standard InChI is InChI=1S/C18H20FNS/c1-12-3-4-13(2)18(9-12)21-17-8-5-14(10-16(17)19)11-20-15-6-7-15/h3-5,8-10,15,20H,6-7,11H2,1-2H3. The van der Waals surface area contributed by atoms with E-state index in [0.717, 1.165) is 17.0 Å². The molecular weight excluding hydrogens is 281 g/mol. The molecule has 0 bridgehead atoms. The van der Waals surface area contributed by atoms with Gasteiger partial charge in [-0.25, -0.2) is 4.39 Å². The van der Waals surface area contributed by atoms with E-state index in [-0.39, 0.29) is 5.82 Å². The second-order valence-electron chi connectivity index (χ2n) is 5.79. The summed E-state index contributed by atoms with van der Waals surface area (Å²) >= 11 is 1.51. The van der Waals surface area contributed by atoms with Crippen molar-refractivity contribution in [3.05, 3.63) is 58.9 Å². The molecule has 0 aliphatic heterocycles. The Labute approximate surface area is 130 Å². The van der Waals surface area contributed by atoms with Crippen molar-refractivity contribution in [2.75, 3.05) is 0 Å². The molecule has 1 aliphatic rings. The Morgan fingerprint density at radius 1 is 1.10 bits per heavy atom. The minimum absolute atomic E-state index is 0.129. The molecule has 21 heavy (non-hydrogen) atoms. The molecule has 2 aromatic rings. The zero-order valence-corrected chi connectivity index (χ0v) is 13.3. The van der Waals surface area contributed by atoms with Crippen molar-refractivity contribution in [2.45, 2.75) is 49.1 Å². The van der Waals surface area contributed by atoms with E-state index in [4.69, 9.17) is 0 Å². The minimum atomic E-state index is -0.129. The predicted octanol–water partition coefficient (Wildman–Crippen LogP) is 4.85. The molecule has 0 aromatic heterocycles. The monoisotopic (exact) mass is 301 g/mol. The first-order chi connectivity index (χ1) is 10.1. The van der Waals surface area contributed by atoms with Crippen molar-refractivity contribution in [1.82, 2.24) is 5.32 Å². The van der Waals surface area contributed by atoms with E-state index >= 15 is 0 Å². The van der Waals surface area contributed by atoms with Crippen LogP contribution in [0.5, 0.6) is 0 Å². The first-order valence-corrected chi connectivity index (χ1v) is 8.20. The van der Waals surface area contributed by atoms with Gasteiger partial charge in [-0.2, -0.15) is 0 Å². The Bertz CT molecular complexity index is 650. The van der Waals surface area contributed by atoms with Gasteiger partial charge >= 0.3 is 0 Å². The molecule has 2 aromatic carbocycles. The molecule has 0 heterocycles. The highest BCUT2D eigenvalue weighted by atomic mass is 32.2. The van der Waals surface area contributed by atoms with Crippen molar-refractivity contribution in [1.29, 1.82) is 0 Å². The van der Waals surface area contributed by atoms with Gasteiger partial charge in [-0.1, -0.05) is 30.0 Å². The van der Waals surface area contributed by atoms with Crippen LogP contribution in [0.3, 0.4) is 0 Å². The summed E-state index contributed by atoms with van der Waals surface area (Å²) in [5.74, 6) is -0.129. The van der Waals surface area contributed by atoms with Crippen LogP contribution in [0.15, 0.2) is 46.2 Å². The van der Waals surface area contributed by atoms with Crippen molar-refractivity contribution < 1.29 is 4.39 Å². The summed E-state index contributed by atoms with van der Waals surface area (Å²) in [7, 11) is 0. The first-order valence-electron chi connectivity index (χ1n) is 7.39. The fourth-order valence-corrected chi connectivity index (χ4v) is 3.23. The van der Waals surface area contributed by atoms with E-state index < -0.39 is 0 Å². The summed E-state index contributed by atoms with van der Waals surface area (Å²) in [5.41, 5.74) is 3.41. The van der Waals surface area contributed by atoms with Gasteiger partial charge in [-0.05, 0) is 61.6 Å². The lowest BCUT2D eigenvalue weighted by Gasteiger charge is -2.09. The van der Waals surface area contributed by atoms with E-state index in [1.807, 2.05) is 12.1 Å². The summed E-state index contributed by atoms with van der Waals surface area (Å²) in [6.45, 7) is 4.89. The van der Waals surface area contributed by atoms with E-state index in [2.05, 4.69) is 37.4 Å². The second-order valence-corrected chi connectivity index (χ2v) is 6.87. The maximum atomic E-state index is 14.3. The molecule has 0 atom stereocenters. The molecule has 1 N–H and O–H groups in total. The predicted molar refractivity (Wildman–Crippen MR) is 86.3 cm³/mol. The molecule has 1 fully saturated rings. The number of hydrogen-bond acceptors (Lipinski definition) is 2. The summed E-state index contributed by atoms with van der Waals surface area (Å²) in [6, 6.07) is 12.5. The largest absolute Gasteiger partial charge is 0.310 e. The van der Waals surface area contributed by atoms with Crippen LogP contribution in [0.1, 0.15) is 29.5 Å². The molecular formula is C18H20FNS. The molecule has 3 heteroatoms. The van der Waals surface area contributed by atoms with Crippen molar-refractivity contribution >= 4 is 11.8 Å². The molecule has 1 saturated carbocycles. The van der Waals surface area contributed by atoms with Gasteiger partial charge in [0.15, 0.2) is 0 Å². The zero-order valence-electron chi connectivity index (χ0n) is 12.4. The normalized spacial score (nSPS) is 14.4. The van der Waals surface area contributed by atoms with Crippen LogP contribution >= 0.6 is 11.8 Å². The molecule has 0 amide bonds. The molecule has 0 spiro atoms. The van der Waals surface area contributed by atoms with Crippen LogP contribution in [-0.4, -0.2) is 6.04 Å². The van der Waals surface area contributed by atoms with Gasteiger partial charge in [0.05, 0.1) is 0 Å². The maximum absolute atomic E-state index is 14.3. The Morgan fingerprint density at radius 2 is 1.90 bits per heavy atom. The van der Waals surface area contributed by atoms with Gasteiger partial charge in [0.1, 0.15) is 5.82 Å². The molecule has 0 saturated heterocycles. The number of halogens is 1. The topological polar surface area (TPSA) is 12.0 Å². The lowest BCUT2D eigenvalue weighted by molar-refractivity contribution is 0.595. The first kappa shape index (κ1) is 14.6.